The lowest BCUT2D eigenvalue weighted by Gasteiger charge is -2.31. The fraction of sp³-hybridized carbons (Fsp3) is 0.538. The van der Waals surface area contributed by atoms with Crippen molar-refractivity contribution in [2.24, 2.45) is 17.4 Å². The molecule has 0 aliphatic heterocycles. The second-order valence-electron chi connectivity index (χ2n) is 5.48. The molecule has 0 bridgehead atoms. The SMILES string of the molecule is CC(C)CC(C)(CN)NC(=O)c1cc(C(N)=O)c[nH]1.Cl. The van der Waals surface area contributed by atoms with Gasteiger partial charge in [-0.2, -0.15) is 0 Å². The van der Waals surface area contributed by atoms with Crippen molar-refractivity contribution in [2.45, 2.75) is 32.7 Å². The molecule has 6 nitrogen and oxygen atoms in total. The molecule has 114 valence electrons. The summed E-state index contributed by atoms with van der Waals surface area (Å²) in [4.78, 5) is 25.8. The monoisotopic (exact) mass is 302 g/mol. The summed E-state index contributed by atoms with van der Waals surface area (Å²) >= 11 is 0. The highest BCUT2D eigenvalue weighted by Crippen LogP contribution is 2.16. The first-order chi connectivity index (χ1) is 8.77. The topological polar surface area (TPSA) is 114 Å². The predicted molar refractivity (Wildman–Crippen MR) is 80.9 cm³/mol. The maximum atomic E-state index is 12.1. The number of hydrogen-bond acceptors (Lipinski definition) is 3. The summed E-state index contributed by atoms with van der Waals surface area (Å²) in [7, 11) is 0. The number of carbonyl (C=O) groups excluding carboxylic acids is 2. The number of hydrogen-bond donors (Lipinski definition) is 4. The first-order valence-corrected chi connectivity index (χ1v) is 6.28. The maximum Gasteiger partial charge on any atom is 0.268 e. The molecule has 1 unspecified atom stereocenters. The van der Waals surface area contributed by atoms with E-state index >= 15 is 0 Å². The molecule has 0 radical (unpaired) electrons. The number of nitrogens with two attached hydrogens (primary N) is 2. The summed E-state index contributed by atoms with van der Waals surface area (Å²) < 4.78 is 0. The molecule has 1 rings (SSSR count). The molecule has 6 N–H and O–H groups in total. The molecule has 0 saturated heterocycles. The van der Waals surface area contributed by atoms with Gasteiger partial charge < -0.3 is 21.8 Å². The molecule has 0 aliphatic carbocycles. The van der Waals surface area contributed by atoms with Crippen LogP contribution in [0.4, 0.5) is 0 Å². The van der Waals surface area contributed by atoms with E-state index in [0.29, 0.717) is 18.2 Å². The van der Waals surface area contributed by atoms with Gasteiger partial charge in [0.25, 0.3) is 5.91 Å². The van der Waals surface area contributed by atoms with Crippen LogP contribution in [0.2, 0.25) is 0 Å². The van der Waals surface area contributed by atoms with Crippen molar-refractivity contribution < 1.29 is 9.59 Å². The van der Waals surface area contributed by atoms with Crippen molar-refractivity contribution >= 4 is 24.2 Å². The highest BCUT2D eigenvalue weighted by atomic mass is 35.5. The molecule has 0 aromatic carbocycles. The Morgan fingerprint density at radius 1 is 1.45 bits per heavy atom. The third-order valence-electron chi connectivity index (χ3n) is 2.94. The molecule has 1 aromatic heterocycles. The van der Waals surface area contributed by atoms with Crippen LogP contribution in [-0.4, -0.2) is 28.9 Å². The molecule has 0 saturated carbocycles. The van der Waals surface area contributed by atoms with Crippen LogP contribution in [0.25, 0.3) is 0 Å². The van der Waals surface area contributed by atoms with Crippen LogP contribution >= 0.6 is 12.4 Å². The van der Waals surface area contributed by atoms with Gasteiger partial charge in [-0.3, -0.25) is 9.59 Å². The van der Waals surface area contributed by atoms with Crippen LogP contribution in [-0.2, 0) is 0 Å². The first kappa shape index (κ1) is 18.5. The maximum absolute atomic E-state index is 12.1. The summed E-state index contributed by atoms with van der Waals surface area (Å²) in [5.41, 5.74) is 11.0. The molecule has 0 aliphatic rings. The van der Waals surface area contributed by atoms with Gasteiger partial charge in [0.1, 0.15) is 5.69 Å². The van der Waals surface area contributed by atoms with E-state index in [9.17, 15) is 9.59 Å². The van der Waals surface area contributed by atoms with Crippen molar-refractivity contribution in [1.29, 1.82) is 0 Å². The Labute approximate surface area is 125 Å². The minimum Gasteiger partial charge on any atom is -0.366 e. The normalized spacial score (nSPS) is 13.4. The van der Waals surface area contributed by atoms with E-state index in [4.69, 9.17) is 11.5 Å². The Hall–Kier alpha value is -1.53. The van der Waals surface area contributed by atoms with Gasteiger partial charge in [0, 0.05) is 12.7 Å². The highest BCUT2D eigenvalue weighted by Gasteiger charge is 2.26. The van der Waals surface area contributed by atoms with Gasteiger partial charge in [-0.15, -0.1) is 12.4 Å². The van der Waals surface area contributed by atoms with E-state index in [1.54, 1.807) is 0 Å². The van der Waals surface area contributed by atoms with Crippen molar-refractivity contribution in [3.63, 3.8) is 0 Å². The average molecular weight is 303 g/mol. The van der Waals surface area contributed by atoms with Gasteiger partial charge in [0.15, 0.2) is 0 Å². The van der Waals surface area contributed by atoms with Gasteiger partial charge in [0.05, 0.1) is 11.1 Å². The zero-order valence-electron chi connectivity index (χ0n) is 12.0. The number of amides is 2. The molecular weight excluding hydrogens is 280 g/mol. The van der Waals surface area contributed by atoms with Crippen molar-refractivity contribution in [3.05, 3.63) is 23.5 Å². The lowest BCUT2D eigenvalue weighted by atomic mass is 9.90. The van der Waals surface area contributed by atoms with Gasteiger partial charge >= 0.3 is 0 Å². The fourth-order valence-electron chi connectivity index (χ4n) is 2.10. The Morgan fingerprint density at radius 2 is 2.05 bits per heavy atom. The molecule has 0 fully saturated rings. The summed E-state index contributed by atoms with van der Waals surface area (Å²) in [5, 5.41) is 2.90. The van der Waals surface area contributed by atoms with Crippen molar-refractivity contribution in [2.75, 3.05) is 6.54 Å². The van der Waals surface area contributed by atoms with E-state index in [1.165, 1.54) is 12.3 Å². The first-order valence-electron chi connectivity index (χ1n) is 6.28. The van der Waals surface area contributed by atoms with E-state index in [2.05, 4.69) is 24.1 Å². The van der Waals surface area contributed by atoms with Crippen molar-refractivity contribution in [3.8, 4) is 0 Å². The number of rotatable bonds is 6. The molecule has 1 atom stereocenters. The molecule has 7 heteroatoms. The average Bonchev–Trinajstić information content (AvgIpc) is 2.77. The second kappa shape index (κ2) is 7.31. The van der Waals surface area contributed by atoms with E-state index in [-0.39, 0.29) is 23.9 Å². The van der Waals surface area contributed by atoms with E-state index in [1.807, 2.05) is 6.92 Å². The van der Waals surface area contributed by atoms with E-state index in [0.717, 1.165) is 6.42 Å². The second-order valence-corrected chi connectivity index (χ2v) is 5.48. The summed E-state index contributed by atoms with van der Waals surface area (Å²) in [6.45, 7) is 6.39. The predicted octanol–water partition coefficient (Wildman–Crippen LogP) is 1.03. The fourth-order valence-corrected chi connectivity index (χ4v) is 2.10. The van der Waals surface area contributed by atoms with Crippen LogP contribution in [0.1, 0.15) is 48.0 Å². The number of aromatic nitrogens is 1. The zero-order valence-corrected chi connectivity index (χ0v) is 12.8. The number of nitrogens with one attached hydrogen (secondary N) is 2. The van der Waals surface area contributed by atoms with Gasteiger partial charge in [-0.25, -0.2) is 0 Å². The lowest BCUT2D eigenvalue weighted by molar-refractivity contribution is 0.0893. The summed E-state index contributed by atoms with van der Waals surface area (Å²) in [6.07, 6.45) is 2.19. The van der Waals surface area contributed by atoms with Crippen LogP contribution < -0.4 is 16.8 Å². The Bertz CT molecular complexity index is 473. The highest BCUT2D eigenvalue weighted by molar-refractivity contribution is 5.98. The summed E-state index contributed by atoms with van der Waals surface area (Å²) in [6, 6.07) is 1.43. The summed E-state index contributed by atoms with van der Waals surface area (Å²) in [5.74, 6) is -0.446. The van der Waals surface area contributed by atoms with Gasteiger partial charge in [0.2, 0.25) is 5.91 Å². The third-order valence-corrected chi connectivity index (χ3v) is 2.94. The van der Waals surface area contributed by atoms with Gasteiger partial charge in [-0.1, -0.05) is 13.8 Å². The molecule has 1 aromatic rings. The molecule has 20 heavy (non-hydrogen) atoms. The zero-order chi connectivity index (χ0) is 14.6. The third kappa shape index (κ3) is 4.86. The van der Waals surface area contributed by atoms with Crippen LogP contribution in [0.15, 0.2) is 12.3 Å². The van der Waals surface area contributed by atoms with Crippen molar-refractivity contribution in [1.82, 2.24) is 10.3 Å². The van der Waals surface area contributed by atoms with E-state index < -0.39 is 11.4 Å². The number of carbonyl (C=O) groups is 2. The quantitative estimate of drug-likeness (QED) is 0.629. The largest absolute Gasteiger partial charge is 0.366 e. The lowest BCUT2D eigenvalue weighted by Crippen LogP contribution is -2.52. The number of halogens is 1. The van der Waals surface area contributed by atoms with Gasteiger partial charge in [-0.05, 0) is 25.3 Å². The minimum atomic E-state index is -0.570. The standard InChI is InChI=1S/C13H22N4O2.ClH/c1-8(2)5-13(3,7-14)17-12(19)10-4-9(6-16-10)11(15)18;/h4,6,8,16H,5,7,14H2,1-3H3,(H2,15,18)(H,17,19);1H. The smallest absolute Gasteiger partial charge is 0.268 e. The molecule has 1 heterocycles. The molecule has 0 spiro atoms. The Balaban J connectivity index is 0.00000361. The van der Waals surface area contributed by atoms with Crippen LogP contribution in [0, 0.1) is 5.92 Å². The van der Waals surface area contributed by atoms with Crippen LogP contribution in [0.3, 0.4) is 0 Å². The number of H-pyrrole nitrogens is 1. The minimum absolute atomic E-state index is 0. The Morgan fingerprint density at radius 3 is 2.45 bits per heavy atom. The Kier molecular flexibility index (Phi) is 6.75. The number of primary amides is 1. The molecular formula is C13H23ClN4O2. The van der Waals surface area contributed by atoms with Crippen LogP contribution in [0.5, 0.6) is 0 Å². The molecule has 2 amide bonds. The number of aromatic amines is 1.